The molecule has 3 heterocycles. The lowest BCUT2D eigenvalue weighted by molar-refractivity contribution is 0.126. The molecule has 0 unspecified atom stereocenters. The van der Waals surface area contributed by atoms with Crippen molar-refractivity contribution < 1.29 is 0 Å². The van der Waals surface area contributed by atoms with Gasteiger partial charge in [0.25, 0.3) is 0 Å². The van der Waals surface area contributed by atoms with Gasteiger partial charge in [-0.15, -0.1) is 0 Å². The minimum atomic E-state index is 0.630. The summed E-state index contributed by atoms with van der Waals surface area (Å²) in [5, 5.41) is 3.39. The van der Waals surface area contributed by atoms with Crippen LogP contribution < -0.4 is 10.2 Å². The number of nitrogens with one attached hydrogen (secondary N) is 1. The predicted molar refractivity (Wildman–Crippen MR) is 88.3 cm³/mol. The molecule has 2 aliphatic heterocycles. The van der Waals surface area contributed by atoms with E-state index in [2.05, 4.69) is 41.2 Å². The Bertz CT molecular complexity index is 337. The molecule has 3 nitrogen and oxygen atoms in total. The first-order valence-corrected chi connectivity index (χ1v) is 8.16. The quantitative estimate of drug-likeness (QED) is 0.848. The molecule has 0 bridgehead atoms. The first-order valence-electron chi connectivity index (χ1n) is 8.16. The summed E-state index contributed by atoms with van der Waals surface area (Å²) < 4.78 is 0. The van der Waals surface area contributed by atoms with E-state index in [-0.39, 0.29) is 0 Å². The van der Waals surface area contributed by atoms with E-state index < -0.39 is 0 Å². The molecule has 0 atom stereocenters. The zero-order valence-corrected chi connectivity index (χ0v) is 13.7. The summed E-state index contributed by atoms with van der Waals surface area (Å²) in [6.07, 6.45) is 5.76. The van der Waals surface area contributed by atoms with E-state index in [1.54, 1.807) is 0 Å². The van der Waals surface area contributed by atoms with E-state index in [4.69, 9.17) is 0 Å². The number of aromatic nitrogens is 1. The van der Waals surface area contributed by atoms with Crippen molar-refractivity contribution in [2.45, 2.75) is 47.0 Å². The largest absolute Gasteiger partial charge is 0.357 e. The molecular formula is C17H31N3. The van der Waals surface area contributed by atoms with Crippen LogP contribution in [0, 0.1) is 5.41 Å². The molecule has 114 valence electrons. The summed E-state index contributed by atoms with van der Waals surface area (Å²) >= 11 is 0. The van der Waals surface area contributed by atoms with Gasteiger partial charge in [-0.05, 0) is 30.4 Å². The Morgan fingerprint density at radius 2 is 1.75 bits per heavy atom. The smallest absolute Gasteiger partial charge is 0.128 e. The van der Waals surface area contributed by atoms with E-state index in [1.807, 2.05) is 26.1 Å². The van der Waals surface area contributed by atoms with Gasteiger partial charge in [0, 0.05) is 32.4 Å². The standard InChI is InChI=1S/C12H17N3.C3H8.C2H6/c1-2-6-14-11(3-1)15-7-4-12(5-8-15)9-13-10-12;1-3-2;1-2/h1-3,6,13H,4-5,7-10H2;3H2,1-2H3;1-2H3. The minimum absolute atomic E-state index is 0.630. The van der Waals surface area contributed by atoms with E-state index in [1.165, 1.54) is 45.4 Å². The van der Waals surface area contributed by atoms with Gasteiger partial charge in [0.1, 0.15) is 5.82 Å². The first kappa shape index (κ1) is 17.0. The lowest BCUT2D eigenvalue weighted by Crippen LogP contribution is -2.58. The molecule has 0 aliphatic carbocycles. The summed E-state index contributed by atoms with van der Waals surface area (Å²) in [6, 6.07) is 6.15. The van der Waals surface area contributed by atoms with Crippen molar-refractivity contribution in [3.8, 4) is 0 Å². The number of pyridine rings is 1. The maximum atomic E-state index is 4.40. The molecule has 0 saturated carbocycles. The minimum Gasteiger partial charge on any atom is -0.357 e. The average Bonchev–Trinajstić information content (AvgIpc) is 2.50. The molecule has 1 spiro atoms. The third-order valence-corrected chi connectivity index (χ3v) is 3.80. The van der Waals surface area contributed by atoms with Gasteiger partial charge in [0.2, 0.25) is 0 Å². The number of anilines is 1. The van der Waals surface area contributed by atoms with Crippen LogP contribution in [-0.4, -0.2) is 31.2 Å². The molecular weight excluding hydrogens is 246 g/mol. The van der Waals surface area contributed by atoms with Gasteiger partial charge >= 0.3 is 0 Å². The molecule has 0 aromatic carbocycles. The van der Waals surface area contributed by atoms with Gasteiger partial charge in [-0.25, -0.2) is 4.98 Å². The Labute approximate surface area is 124 Å². The van der Waals surface area contributed by atoms with Crippen LogP contribution in [0.25, 0.3) is 0 Å². The lowest BCUT2D eigenvalue weighted by atomic mass is 9.73. The SMILES string of the molecule is CC.CCC.c1ccc(N2CCC3(CC2)CNC3)nc1. The first-order chi connectivity index (χ1) is 9.79. The van der Waals surface area contributed by atoms with E-state index >= 15 is 0 Å². The van der Waals surface area contributed by atoms with Crippen LogP contribution in [0.1, 0.15) is 47.0 Å². The Balaban J connectivity index is 0.000000357. The van der Waals surface area contributed by atoms with Crippen LogP contribution in [0.15, 0.2) is 24.4 Å². The molecule has 1 aromatic heterocycles. The highest BCUT2D eigenvalue weighted by molar-refractivity contribution is 5.38. The number of piperidine rings is 1. The zero-order chi connectivity index (χ0) is 14.8. The van der Waals surface area contributed by atoms with Crippen molar-refractivity contribution in [1.82, 2.24) is 10.3 Å². The second-order valence-electron chi connectivity index (χ2n) is 5.49. The zero-order valence-electron chi connectivity index (χ0n) is 13.7. The highest BCUT2D eigenvalue weighted by Gasteiger charge is 2.39. The summed E-state index contributed by atoms with van der Waals surface area (Å²) in [4.78, 5) is 6.81. The van der Waals surface area contributed by atoms with E-state index in [0.717, 1.165) is 5.82 Å². The second kappa shape index (κ2) is 8.96. The molecule has 0 amide bonds. The Morgan fingerprint density at radius 1 is 1.15 bits per heavy atom. The summed E-state index contributed by atoms with van der Waals surface area (Å²) in [6.45, 7) is 13.0. The normalized spacial score (nSPS) is 19.1. The Hall–Kier alpha value is -1.09. The topological polar surface area (TPSA) is 28.2 Å². The highest BCUT2D eigenvalue weighted by atomic mass is 15.2. The summed E-state index contributed by atoms with van der Waals surface area (Å²) in [5.74, 6) is 1.14. The van der Waals surface area contributed by atoms with Crippen molar-refractivity contribution >= 4 is 5.82 Å². The van der Waals surface area contributed by atoms with Gasteiger partial charge in [-0.2, -0.15) is 0 Å². The van der Waals surface area contributed by atoms with Gasteiger partial charge in [-0.1, -0.05) is 40.2 Å². The Kier molecular flexibility index (Phi) is 7.60. The van der Waals surface area contributed by atoms with Crippen LogP contribution >= 0.6 is 0 Å². The molecule has 1 N–H and O–H groups in total. The van der Waals surface area contributed by atoms with Crippen molar-refractivity contribution in [2.75, 3.05) is 31.1 Å². The van der Waals surface area contributed by atoms with Crippen molar-refractivity contribution in [3.05, 3.63) is 24.4 Å². The summed E-state index contributed by atoms with van der Waals surface area (Å²) in [7, 11) is 0. The average molecular weight is 277 g/mol. The number of nitrogens with zero attached hydrogens (tertiary/aromatic N) is 2. The van der Waals surface area contributed by atoms with Crippen LogP contribution in [0.4, 0.5) is 5.82 Å². The van der Waals surface area contributed by atoms with Crippen LogP contribution in [0.3, 0.4) is 0 Å². The second-order valence-corrected chi connectivity index (χ2v) is 5.49. The molecule has 1 aromatic rings. The number of rotatable bonds is 1. The number of hydrogen-bond donors (Lipinski definition) is 1. The van der Waals surface area contributed by atoms with Gasteiger partial charge < -0.3 is 10.2 Å². The van der Waals surface area contributed by atoms with Gasteiger partial charge in [-0.3, -0.25) is 0 Å². The monoisotopic (exact) mass is 277 g/mol. The predicted octanol–water partition coefficient (Wildman–Crippen LogP) is 3.71. The van der Waals surface area contributed by atoms with Gasteiger partial charge in [0.15, 0.2) is 0 Å². The lowest BCUT2D eigenvalue weighted by Gasteiger charge is -2.48. The molecule has 20 heavy (non-hydrogen) atoms. The molecule has 2 aliphatic rings. The van der Waals surface area contributed by atoms with E-state index in [9.17, 15) is 0 Å². The molecule has 2 fully saturated rings. The van der Waals surface area contributed by atoms with Crippen molar-refractivity contribution in [3.63, 3.8) is 0 Å². The third-order valence-electron chi connectivity index (χ3n) is 3.80. The summed E-state index contributed by atoms with van der Waals surface area (Å²) in [5.41, 5.74) is 0.630. The van der Waals surface area contributed by atoms with Gasteiger partial charge in [0.05, 0.1) is 0 Å². The highest BCUT2D eigenvalue weighted by Crippen LogP contribution is 2.35. The molecule has 3 rings (SSSR count). The fraction of sp³-hybridized carbons (Fsp3) is 0.706. The molecule has 0 radical (unpaired) electrons. The van der Waals surface area contributed by atoms with Crippen molar-refractivity contribution in [1.29, 1.82) is 0 Å². The third kappa shape index (κ3) is 4.48. The maximum absolute atomic E-state index is 4.40. The molecule has 2 saturated heterocycles. The van der Waals surface area contributed by atoms with Crippen LogP contribution in [-0.2, 0) is 0 Å². The van der Waals surface area contributed by atoms with Crippen molar-refractivity contribution in [2.24, 2.45) is 5.41 Å². The molecule has 3 heteroatoms. The van der Waals surface area contributed by atoms with Crippen LogP contribution in [0.2, 0.25) is 0 Å². The fourth-order valence-corrected chi connectivity index (χ4v) is 2.58. The van der Waals surface area contributed by atoms with Crippen LogP contribution in [0.5, 0.6) is 0 Å². The number of hydrogen-bond acceptors (Lipinski definition) is 3. The van der Waals surface area contributed by atoms with E-state index in [0.29, 0.717) is 5.41 Å². The maximum Gasteiger partial charge on any atom is 0.128 e. The Morgan fingerprint density at radius 3 is 2.15 bits per heavy atom. The fourth-order valence-electron chi connectivity index (χ4n) is 2.58.